The quantitative estimate of drug-likeness (QED) is 0.642. The van der Waals surface area contributed by atoms with Crippen molar-refractivity contribution in [2.75, 3.05) is 5.73 Å². The molecule has 0 unspecified atom stereocenters. The van der Waals surface area contributed by atoms with Gasteiger partial charge in [0.25, 0.3) is 0 Å². The molecule has 7 heteroatoms. The maximum absolute atomic E-state index is 12.7. The predicted octanol–water partition coefficient (Wildman–Crippen LogP) is 3.87. The molecule has 0 fully saturated rings. The van der Waals surface area contributed by atoms with Crippen molar-refractivity contribution in [3.63, 3.8) is 0 Å². The van der Waals surface area contributed by atoms with Crippen LogP contribution in [0.4, 0.5) is 18.9 Å². The lowest BCUT2D eigenvalue weighted by Gasteiger charge is -2.11. The molecule has 0 aliphatic rings. The molecule has 2 rings (SSSR count). The predicted molar refractivity (Wildman–Crippen MR) is 68.8 cm³/mol. The zero-order chi connectivity index (χ0) is 14.9. The summed E-state index contributed by atoms with van der Waals surface area (Å²) in [5.41, 5.74) is 5.54. The number of pyridine rings is 1. The number of halogens is 4. The Hall–Kier alpha value is -2.26. The summed E-state index contributed by atoms with van der Waals surface area (Å²) in [6.45, 7) is 0. The van der Waals surface area contributed by atoms with Gasteiger partial charge in [-0.25, -0.2) is 4.98 Å². The molecule has 3 nitrogen and oxygen atoms in total. The van der Waals surface area contributed by atoms with Gasteiger partial charge in [0.1, 0.15) is 11.2 Å². The monoisotopic (exact) mass is 297 g/mol. The minimum absolute atomic E-state index is 0.0122. The number of alkyl halides is 3. The van der Waals surface area contributed by atoms with Gasteiger partial charge in [-0.2, -0.15) is 18.4 Å². The van der Waals surface area contributed by atoms with Gasteiger partial charge in [0.05, 0.1) is 11.1 Å². The topological polar surface area (TPSA) is 62.7 Å². The van der Waals surface area contributed by atoms with Crippen molar-refractivity contribution in [1.29, 1.82) is 5.26 Å². The highest BCUT2D eigenvalue weighted by atomic mass is 35.5. The minimum atomic E-state index is -4.47. The molecule has 1 aromatic heterocycles. The van der Waals surface area contributed by atoms with Gasteiger partial charge in [-0.1, -0.05) is 11.6 Å². The van der Waals surface area contributed by atoms with Gasteiger partial charge < -0.3 is 5.73 Å². The Labute approximate surface area is 117 Å². The fourth-order valence-electron chi connectivity index (χ4n) is 1.66. The van der Waals surface area contributed by atoms with Gasteiger partial charge in [0.15, 0.2) is 0 Å². The van der Waals surface area contributed by atoms with Crippen LogP contribution < -0.4 is 5.73 Å². The van der Waals surface area contributed by atoms with Gasteiger partial charge >= 0.3 is 6.18 Å². The number of nitriles is 1. The Bertz CT molecular complexity index is 705. The highest BCUT2D eigenvalue weighted by molar-refractivity contribution is 6.30. The highest BCUT2D eigenvalue weighted by Gasteiger charge is 2.31. The van der Waals surface area contributed by atoms with Crippen LogP contribution in [0.5, 0.6) is 0 Å². The molecule has 0 amide bonds. The summed E-state index contributed by atoms with van der Waals surface area (Å²) in [5, 5.41) is 8.85. The summed E-state index contributed by atoms with van der Waals surface area (Å²) in [6, 6.07) is 6.14. The molecule has 0 spiro atoms. The van der Waals surface area contributed by atoms with Crippen molar-refractivity contribution >= 4 is 17.3 Å². The molecule has 0 aliphatic heterocycles. The third-order valence-corrected chi connectivity index (χ3v) is 2.95. The van der Waals surface area contributed by atoms with E-state index in [-0.39, 0.29) is 22.0 Å². The van der Waals surface area contributed by atoms with E-state index >= 15 is 0 Å². The zero-order valence-corrected chi connectivity index (χ0v) is 10.6. The average Bonchev–Trinajstić information content (AvgIpc) is 2.39. The molecule has 102 valence electrons. The van der Waals surface area contributed by atoms with Gasteiger partial charge in [0, 0.05) is 23.0 Å². The maximum atomic E-state index is 12.7. The van der Waals surface area contributed by atoms with Crippen LogP contribution >= 0.6 is 11.6 Å². The number of benzene rings is 1. The first-order chi connectivity index (χ1) is 9.32. The summed E-state index contributed by atoms with van der Waals surface area (Å²) < 4.78 is 38.1. The fraction of sp³-hybridized carbons (Fsp3) is 0.0769. The second-order valence-electron chi connectivity index (χ2n) is 3.97. The Balaban J connectivity index is 2.61. The second kappa shape index (κ2) is 5.02. The summed E-state index contributed by atoms with van der Waals surface area (Å²) in [7, 11) is 0. The Morgan fingerprint density at radius 2 is 1.95 bits per heavy atom. The molecule has 0 saturated carbocycles. The van der Waals surface area contributed by atoms with Crippen LogP contribution in [0.1, 0.15) is 11.1 Å². The molecule has 0 atom stereocenters. The third-order valence-electron chi connectivity index (χ3n) is 2.65. The summed E-state index contributed by atoms with van der Waals surface area (Å²) in [4.78, 5) is 3.77. The number of aromatic nitrogens is 1. The van der Waals surface area contributed by atoms with Crippen molar-refractivity contribution in [2.24, 2.45) is 0 Å². The molecule has 1 aromatic carbocycles. The van der Waals surface area contributed by atoms with Crippen LogP contribution in [-0.4, -0.2) is 4.98 Å². The van der Waals surface area contributed by atoms with E-state index in [0.29, 0.717) is 5.56 Å². The number of nitrogen functional groups attached to an aromatic ring is 1. The molecule has 2 N–H and O–H groups in total. The average molecular weight is 298 g/mol. The summed E-state index contributed by atoms with van der Waals surface area (Å²) in [5.74, 6) is 0. The Morgan fingerprint density at radius 1 is 1.25 bits per heavy atom. The van der Waals surface area contributed by atoms with Gasteiger partial charge in [-0.05, 0) is 24.3 Å². The number of nitrogens with two attached hydrogens (primary N) is 1. The second-order valence-corrected chi connectivity index (χ2v) is 4.33. The van der Waals surface area contributed by atoms with Crippen LogP contribution in [0.2, 0.25) is 5.15 Å². The van der Waals surface area contributed by atoms with E-state index in [1.54, 1.807) is 0 Å². The van der Waals surface area contributed by atoms with E-state index in [2.05, 4.69) is 4.98 Å². The number of nitrogens with zero attached hydrogens (tertiary/aromatic N) is 2. The first-order valence-electron chi connectivity index (χ1n) is 5.35. The standard InChI is InChI=1S/C13H7ClF3N3/c14-12-7(5-18)3-8(6-20-12)10-4-9(13(15,16)17)1-2-11(10)19/h1-4,6H,19H2. The summed E-state index contributed by atoms with van der Waals surface area (Å²) in [6.07, 6.45) is -3.20. The van der Waals surface area contributed by atoms with Gasteiger partial charge in [-0.15, -0.1) is 0 Å². The Morgan fingerprint density at radius 3 is 2.55 bits per heavy atom. The van der Waals surface area contributed by atoms with E-state index in [9.17, 15) is 13.2 Å². The SMILES string of the molecule is N#Cc1cc(-c2cc(C(F)(F)F)ccc2N)cnc1Cl. The third kappa shape index (κ3) is 2.68. The fourth-order valence-corrected chi connectivity index (χ4v) is 1.80. The van der Waals surface area contributed by atoms with E-state index < -0.39 is 11.7 Å². The molecule has 0 bridgehead atoms. The molecule has 20 heavy (non-hydrogen) atoms. The van der Waals surface area contributed by atoms with Gasteiger partial charge in [0.2, 0.25) is 0 Å². The van der Waals surface area contributed by atoms with Crippen molar-refractivity contribution in [3.8, 4) is 17.2 Å². The van der Waals surface area contributed by atoms with E-state index in [1.165, 1.54) is 18.3 Å². The lowest BCUT2D eigenvalue weighted by molar-refractivity contribution is -0.137. The minimum Gasteiger partial charge on any atom is -0.398 e. The first-order valence-corrected chi connectivity index (χ1v) is 5.73. The number of hydrogen-bond acceptors (Lipinski definition) is 3. The maximum Gasteiger partial charge on any atom is 0.416 e. The van der Waals surface area contributed by atoms with E-state index in [0.717, 1.165) is 12.1 Å². The number of anilines is 1. The van der Waals surface area contributed by atoms with Crippen molar-refractivity contribution in [2.45, 2.75) is 6.18 Å². The summed E-state index contributed by atoms with van der Waals surface area (Å²) >= 11 is 5.68. The van der Waals surface area contributed by atoms with Crippen LogP contribution in [0, 0.1) is 11.3 Å². The molecule has 0 aliphatic carbocycles. The molecule has 2 aromatic rings. The van der Waals surface area contributed by atoms with Crippen molar-refractivity contribution < 1.29 is 13.2 Å². The molecule has 1 heterocycles. The first kappa shape index (κ1) is 14.2. The highest BCUT2D eigenvalue weighted by Crippen LogP contribution is 2.35. The normalized spacial score (nSPS) is 11.2. The lowest BCUT2D eigenvalue weighted by Crippen LogP contribution is -2.05. The van der Waals surface area contributed by atoms with Crippen molar-refractivity contribution in [1.82, 2.24) is 4.98 Å². The van der Waals surface area contributed by atoms with E-state index in [1.807, 2.05) is 6.07 Å². The van der Waals surface area contributed by atoms with Crippen LogP contribution in [0.25, 0.3) is 11.1 Å². The zero-order valence-electron chi connectivity index (χ0n) is 9.87. The smallest absolute Gasteiger partial charge is 0.398 e. The largest absolute Gasteiger partial charge is 0.416 e. The number of rotatable bonds is 1. The Kier molecular flexibility index (Phi) is 3.55. The molecule has 0 saturated heterocycles. The lowest BCUT2D eigenvalue weighted by atomic mass is 10.0. The molecular formula is C13H7ClF3N3. The molecular weight excluding hydrogens is 291 g/mol. The van der Waals surface area contributed by atoms with Gasteiger partial charge in [-0.3, -0.25) is 0 Å². The van der Waals surface area contributed by atoms with Crippen LogP contribution in [0.3, 0.4) is 0 Å². The van der Waals surface area contributed by atoms with E-state index in [4.69, 9.17) is 22.6 Å². The van der Waals surface area contributed by atoms with Crippen LogP contribution in [-0.2, 0) is 6.18 Å². The van der Waals surface area contributed by atoms with Crippen molar-refractivity contribution in [3.05, 3.63) is 46.7 Å². The molecule has 0 radical (unpaired) electrons. The number of hydrogen-bond donors (Lipinski definition) is 1. The van der Waals surface area contributed by atoms with Crippen LogP contribution in [0.15, 0.2) is 30.5 Å².